The van der Waals surface area contributed by atoms with Gasteiger partial charge in [-0.1, -0.05) is 0 Å². The maximum absolute atomic E-state index is 7.50. The van der Waals surface area contributed by atoms with Crippen molar-refractivity contribution in [2.75, 3.05) is 11.9 Å². The Balaban J connectivity index is 1.91. The predicted octanol–water partition coefficient (Wildman–Crippen LogP) is 5.38. The number of nitrogens with zero attached hydrogens (tertiary/aromatic N) is 1. The van der Waals surface area contributed by atoms with Gasteiger partial charge >= 0.3 is 0 Å². The van der Waals surface area contributed by atoms with E-state index in [4.69, 9.17) is 15.1 Å². The Labute approximate surface area is 166 Å². The summed E-state index contributed by atoms with van der Waals surface area (Å²) < 4.78 is 7.91. The molecule has 5 nitrogen and oxygen atoms in total. The first kappa shape index (κ1) is 19.3. The standard InChI is InChI=1S/C19H25BrN4OS/c1-19(2,3)24-16-10-12(20)18-14(22-16)11-15(26-18)13(7-8-21)23-17-6-4-5-9-25-17/h7-8,10-11,17,21,23H,4-6,9H2,1-3H3,(H,22,24)/b13-7-,21-8?. The molecule has 0 aromatic carbocycles. The molecule has 2 aromatic rings. The van der Waals surface area contributed by atoms with Crippen LogP contribution in [0, 0.1) is 5.41 Å². The molecule has 0 saturated carbocycles. The first-order chi connectivity index (χ1) is 12.4. The third kappa shape index (κ3) is 4.84. The maximum Gasteiger partial charge on any atom is 0.128 e. The van der Waals surface area contributed by atoms with E-state index in [-0.39, 0.29) is 11.8 Å². The molecule has 0 amide bonds. The molecule has 7 heteroatoms. The van der Waals surface area contributed by atoms with Crippen molar-refractivity contribution in [2.45, 2.75) is 51.8 Å². The van der Waals surface area contributed by atoms with Crippen LogP contribution >= 0.6 is 27.3 Å². The summed E-state index contributed by atoms with van der Waals surface area (Å²) in [4.78, 5) is 5.81. The third-order valence-corrected chi connectivity index (χ3v) is 6.03. The summed E-state index contributed by atoms with van der Waals surface area (Å²) in [6.07, 6.45) is 6.37. The summed E-state index contributed by atoms with van der Waals surface area (Å²) in [7, 11) is 0. The first-order valence-electron chi connectivity index (χ1n) is 8.83. The maximum atomic E-state index is 7.50. The van der Waals surface area contributed by atoms with Crippen LogP contribution in [-0.4, -0.2) is 29.6 Å². The number of aromatic nitrogens is 1. The van der Waals surface area contributed by atoms with E-state index in [1.54, 1.807) is 17.4 Å². The molecule has 3 rings (SSSR count). The highest BCUT2D eigenvalue weighted by molar-refractivity contribution is 9.10. The molecule has 0 radical (unpaired) electrons. The Bertz CT molecular complexity index is 819. The van der Waals surface area contributed by atoms with Crippen molar-refractivity contribution in [3.05, 3.63) is 27.6 Å². The van der Waals surface area contributed by atoms with Crippen LogP contribution in [0.25, 0.3) is 15.9 Å². The van der Waals surface area contributed by atoms with Gasteiger partial charge in [-0.3, -0.25) is 0 Å². The number of anilines is 1. The van der Waals surface area contributed by atoms with Crippen molar-refractivity contribution < 1.29 is 4.74 Å². The number of hydrogen-bond donors (Lipinski definition) is 3. The van der Waals surface area contributed by atoms with Crippen LogP contribution in [-0.2, 0) is 4.74 Å². The number of allylic oxidation sites excluding steroid dienone is 1. The molecule has 1 aliphatic heterocycles. The fraction of sp³-hybridized carbons (Fsp3) is 0.474. The van der Waals surface area contributed by atoms with Gasteiger partial charge in [-0.25, -0.2) is 4.98 Å². The minimum absolute atomic E-state index is 0.00896. The van der Waals surface area contributed by atoms with E-state index < -0.39 is 0 Å². The van der Waals surface area contributed by atoms with Crippen molar-refractivity contribution in [1.29, 1.82) is 5.41 Å². The lowest BCUT2D eigenvalue weighted by Crippen LogP contribution is -2.33. The molecule has 1 atom stereocenters. The molecule has 0 spiro atoms. The molecule has 1 aliphatic rings. The van der Waals surface area contributed by atoms with E-state index in [0.717, 1.165) is 57.0 Å². The summed E-state index contributed by atoms with van der Waals surface area (Å²) in [6.45, 7) is 7.14. The number of fused-ring (bicyclic) bond motifs is 1. The summed E-state index contributed by atoms with van der Waals surface area (Å²) >= 11 is 5.34. The molecular formula is C19H25BrN4OS. The molecule has 140 valence electrons. The van der Waals surface area contributed by atoms with E-state index >= 15 is 0 Å². The van der Waals surface area contributed by atoms with Gasteiger partial charge < -0.3 is 20.8 Å². The zero-order valence-corrected chi connectivity index (χ0v) is 17.8. The van der Waals surface area contributed by atoms with Crippen LogP contribution in [0.2, 0.25) is 0 Å². The van der Waals surface area contributed by atoms with E-state index in [2.05, 4.69) is 53.4 Å². The molecule has 26 heavy (non-hydrogen) atoms. The molecule has 1 fully saturated rings. The van der Waals surface area contributed by atoms with Crippen molar-refractivity contribution in [3.63, 3.8) is 0 Å². The Hall–Kier alpha value is -1.44. The number of thiophene rings is 1. The third-order valence-electron chi connectivity index (χ3n) is 3.95. The van der Waals surface area contributed by atoms with Gasteiger partial charge in [0.25, 0.3) is 0 Å². The first-order valence-corrected chi connectivity index (χ1v) is 10.4. The fourth-order valence-corrected chi connectivity index (χ4v) is 4.53. The van der Waals surface area contributed by atoms with Gasteiger partial charge in [0, 0.05) is 22.8 Å². The summed E-state index contributed by atoms with van der Waals surface area (Å²) in [6, 6.07) is 4.09. The highest BCUT2D eigenvalue weighted by Crippen LogP contribution is 2.36. The Morgan fingerprint density at radius 3 is 2.85 bits per heavy atom. The van der Waals surface area contributed by atoms with Gasteiger partial charge in [0.15, 0.2) is 0 Å². The van der Waals surface area contributed by atoms with Crippen LogP contribution in [0.1, 0.15) is 44.9 Å². The summed E-state index contributed by atoms with van der Waals surface area (Å²) in [5.74, 6) is 0.849. The topological polar surface area (TPSA) is 70.0 Å². The molecule has 1 saturated heterocycles. The van der Waals surface area contributed by atoms with Crippen LogP contribution in [0.15, 0.2) is 22.7 Å². The molecule has 0 aliphatic carbocycles. The SMILES string of the molecule is CC(C)(C)Nc1cc(Br)c2sc(/C(=C/C=N)NC3CCCCO3)cc2n1. The number of rotatable bonds is 5. The zero-order chi connectivity index (χ0) is 18.7. The summed E-state index contributed by atoms with van der Waals surface area (Å²) in [5.41, 5.74) is 1.80. The molecule has 3 heterocycles. The molecule has 0 bridgehead atoms. The van der Waals surface area contributed by atoms with E-state index in [1.165, 1.54) is 6.21 Å². The number of ether oxygens (including phenoxy) is 1. The normalized spacial score (nSPS) is 18.8. The van der Waals surface area contributed by atoms with Gasteiger partial charge in [-0.15, -0.1) is 11.3 Å². The number of halogens is 1. The predicted molar refractivity (Wildman–Crippen MR) is 114 cm³/mol. The number of pyridine rings is 1. The van der Waals surface area contributed by atoms with Gasteiger partial charge in [-0.05, 0) is 74.2 Å². The second kappa shape index (κ2) is 8.06. The van der Waals surface area contributed by atoms with E-state index in [9.17, 15) is 0 Å². The Morgan fingerprint density at radius 2 is 2.19 bits per heavy atom. The smallest absolute Gasteiger partial charge is 0.128 e. The fourth-order valence-electron chi connectivity index (χ4n) is 2.88. The van der Waals surface area contributed by atoms with Crippen molar-refractivity contribution >= 4 is 55.2 Å². The number of hydrogen-bond acceptors (Lipinski definition) is 6. The van der Waals surface area contributed by atoms with Crippen LogP contribution in [0.3, 0.4) is 0 Å². The highest BCUT2D eigenvalue weighted by Gasteiger charge is 2.18. The van der Waals surface area contributed by atoms with Gasteiger partial charge in [0.05, 0.1) is 20.8 Å². The van der Waals surface area contributed by atoms with Gasteiger partial charge in [-0.2, -0.15) is 0 Å². The van der Waals surface area contributed by atoms with Crippen molar-refractivity contribution in [3.8, 4) is 0 Å². The molecule has 1 unspecified atom stereocenters. The van der Waals surface area contributed by atoms with Crippen molar-refractivity contribution in [2.24, 2.45) is 0 Å². The zero-order valence-electron chi connectivity index (χ0n) is 15.4. The number of nitrogens with one attached hydrogen (secondary N) is 3. The second-order valence-electron chi connectivity index (χ2n) is 7.44. The second-order valence-corrected chi connectivity index (χ2v) is 9.34. The lowest BCUT2D eigenvalue weighted by atomic mass is 10.1. The van der Waals surface area contributed by atoms with Gasteiger partial charge in [0.2, 0.25) is 0 Å². The Kier molecular flexibility index (Phi) is 5.99. The van der Waals surface area contributed by atoms with Gasteiger partial charge in [0.1, 0.15) is 12.0 Å². The molecular weight excluding hydrogens is 412 g/mol. The van der Waals surface area contributed by atoms with Crippen molar-refractivity contribution in [1.82, 2.24) is 10.3 Å². The van der Waals surface area contributed by atoms with E-state index in [0.29, 0.717) is 0 Å². The van der Waals surface area contributed by atoms with Crippen LogP contribution < -0.4 is 10.6 Å². The van der Waals surface area contributed by atoms with Crippen LogP contribution in [0.4, 0.5) is 5.82 Å². The minimum atomic E-state index is -0.0515. The van der Waals surface area contributed by atoms with E-state index in [1.807, 2.05) is 6.07 Å². The lowest BCUT2D eigenvalue weighted by Gasteiger charge is -2.25. The van der Waals surface area contributed by atoms with Crippen LogP contribution in [0.5, 0.6) is 0 Å². The Morgan fingerprint density at radius 1 is 1.38 bits per heavy atom. The largest absolute Gasteiger partial charge is 0.365 e. The highest BCUT2D eigenvalue weighted by atomic mass is 79.9. The average molecular weight is 437 g/mol. The minimum Gasteiger partial charge on any atom is -0.365 e. The quantitative estimate of drug-likeness (QED) is 0.550. The monoisotopic (exact) mass is 436 g/mol. The summed E-state index contributed by atoms with van der Waals surface area (Å²) in [5, 5.41) is 14.4. The molecule has 3 N–H and O–H groups in total. The lowest BCUT2D eigenvalue weighted by molar-refractivity contribution is 0.00538. The average Bonchev–Trinajstić information content (AvgIpc) is 2.98. The molecule has 2 aromatic heterocycles.